The molecule has 0 unspecified atom stereocenters. The van der Waals surface area contributed by atoms with Crippen molar-refractivity contribution in [3.63, 3.8) is 0 Å². The Bertz CT molecular complexity index is 1500. The molecule has 1 aliphatic heterocycles. The maximum atomic E-state index is 15.0. The molecule has 4 heterocycles. The summed E-state index contributed by atoms with van der Waals surface area (Å²) in [7, 11) is 0. The van der Waals surface area contributed by atoms with Crippen molar-refractivity contribution in [3.05, 3.63) is 75.2 Å². The molecule has 1 saturated heterocycles. The predicted molar refractivity (Wildman–Crippen MR) is 133 cm³/mol. The molecule has 1 saturated carbocycles. The first-order chi connectivity index (χ1) is 17.0. The Balaban J connectivity index is 1.14. The van der Waals surface area contributed by atoms with E-state index in [1.807, 2.05) is 12.1 Å². The zero-order chi connectivity index (χ0) is 24.1. The predicted octanol–water partition coefficient (Wildman–Crippen LogP) is 3.18. The van der Waals surface area contributed by atoms with E-state index in [-0.39, 0.29) is 23.3 Å². The highest BCUT2D eigenvalue weighted by molar-refractivity contribution is 6.32. The van der Waals surface area contributed by atoms with Gasteiger partial charge in [-0.2, -0.15) is 0 Å². The number of aromatic amines is 1. The smallest absolute Gasteiger partial charge is 0.272 e. The van der Waals surface area contributed by atoms with Gasteiger partial charge in [0.1, 0.15) is 22.5 Å². The third-order valence-electron chi connectivity index (χ3n) is 6.69. The second-order valence-electron chi connectivity index (χ2n) is 9.21. The summed E-state index contributed by atoms with van der Waals surface area (Å²) in [5.74, 6) is -0.551. The van der Waals surface area contributed by atoms with Crippen LogP contribution in [0.4, 0.5) is 10.1 Å². The highest BCUT2D eigenvalue weighted by Gasteiger charge is 2.25. The Morgan fingerprint density at radius 2 is 1.97 bits per heavy atom. The van der Waals surface area contributed by atoms with Gasteiger partial charge >= 0.3 is 0 Å². The molecule has 10 heteroatoms. The molecule has 0 atom stereocenters. The lowest BCUT2D eigenvalue weighted by Gasteiger charge is -2.36. The zero-order valence-corrected chi connectivity index (χ0v) is 19.7. The van der Waals surface area contributed by atoms with Crippen molar-refractivity contribution in [1.29, 1.82) is 0 Å². The van der Waals surface area contributed by atoms with Crippen LogP contribution in [0.15, 0.2) is 47.4 Å². The molecule has 35 heavy (non-hydrogen) atoms. The van der Waals surface area contributed by atoms with Crippen LogP contribution in [0.1, 0.15) is 28.9 Å². The molecular formula is C25H24ClFN6O2. The number of piperazine rings is 1. The Kier molecular flexibility index (Phi) is 5.46. The van der Waals surface area contributed by atoms with Crippen LogP contribution in [-0.2, 0) is 6.54 Å². The second kappa shape index (κ2) is 8.66. The summed E-state index contributed by atoms with van der Waals surface area (Å²) in [6.45, 7) is 3.54. The largest absolute Gasteiger partial charge is 0.366 e. The Morgan fingerprint density at radius 1 is 1.17 bits per heavy atom. The van der Waals surface area contributed by atoms with Crippen molar-refractivity contribution in [2.24, 2.45) is 0 Å². The molecule has 4 aromatic rings. The fourth-order valence-corrected chi connectivity index (χ4v) is 4.99. The molecule has 6 rings (SSSR count). The number of aromatic nitrogens is 3. The topological polar surface area (TPSA) is 85.7 Å². The number of nitrogens with zero attached hydrogens (tertiary/aromatic N) is 4. The minimum atomic E-state index is -0.364. The highest BCUT2D eigenvalue weighted by atomic mass is 35.5. The summed E-state index contributed by atoms with van der Waals surface area (Å²) >= 11 is 6.42. The van der Waals surface area contributed by atoms with Crippen LogP contribution in [-0.4, -0.2) is 57.4 Å². The van der Waals surface area contributed by atoms with Crippen LogP contribution >= 0.6 is 11.6 Å². The van der Waals surface area contributed by atoms with E-state index in [4.69, 9.17) is 11.6 Å². The number of pyridine rings is 1. The van der Waals surface area contributed by atoms with Crippen molar-refractivity contribution in [2.75, 3.05) is 31.1 Å². The van der Waals surface area contributed by atoms with Gasteiger partial charge in [-0.25, -0.2) is 9.37 Å². The monoisotopic (exact) mass is 494 g/mol. The number of H-pyrrole nitrogens is 1. The SMILES string of the molecule is O=C(NC1CC1)c1ccc(N2CCN(Cc3cc(F)c4c(c3)[nH]c(=O)c3cccn34)CC2)c(Cl)n1. The summed E-state index contributed by atoms with van der Waals surface area (Å²) < 4.78 is 16.6. The molecule has 0 bridgehead atoms. The number of carbonyl (C=O) groups excluding carboxylic acids is 1. The molecule has 2 N–H and O–H groups in total. The summed E-state index contributed by atoms with van der Waals surface area (Å²) in [5, 5.41) is 3.24. The van der Waals surface area contributed by atoms with E-state index in [9.17, 15) is 9.59 Å². The summed E-state index contributed by atoms with van der Waals surface area (Å²) in [5.41, 5.74) is 2.97. The van der Waals surface area contributed by atoms with Gasteiger partial charge in [-0.15, -0.1) is 0 Å². The van der Waals surface area contributed by atoms with E-state index >= 15 is 4.39 Å². The normalized spacial score (nSPS) is 16.8. The van der Waals surface area contributed by atoms with Gasteiger partial charge in [0.25, 0.3) is 11.5 Å². The van der Waals surface area contributed by atoms with Crippen molar-refractivity contribution >= 4 is 39.7 Å². The molecule has 0 radical (unpaired) electrons. The fraction of sp³-hybridized carbons (Fsp3) is 0.320. The average Bonchev–Trinajstić information content (AvgIpc) is 3.51. The van der Waals surface area contributed by atoms with E-state index in [0.29, 0.717) is 33.9 Å². The van der Waals surface area contributed by atoms with Gasteiger partial charge in [0, 0.05) is 45.0 Å². The third kappa shape index (κ3) is 4.26. The van der Waals surface area contributed by atoms with E-state index < -0.39 is 0 Å². The van der Waals surface area contributed by atoms with Gasteiger partial charge in [-0.3, -0.25) is 14.5 Å². The van der Waals surface area contributed by atoms with Crippen molar-refractivity contribution < 1.29 is 9.18 Å². The Morgan fingerprint density at radius 3 is 2.71 bits per heavy atom. The molecule has 3 aromatic heterocycles. The lowest BCUT2D eigenvalue weighted by molar-refractivity contribution is 0.0946. The number of anilines is 1. The van der Waals surface area contributed by atoms with Gasteiger partial charge in [0.05, 0.1) is 11.2 Å². The zero-order valence-electron chi connectivity index (χ0n) is 18.9. The van der Waals surface area contributed by atoms with Crippen molar-refractivity contribution in [1.82, 2.24) is 24.6 Å². The van der Waals surface area contributed by atoms with E-state index in [1.165, 1.54) is 0 Å². The first kappa shape index (κ1) is 22.1. The summed E-state index contributed by atoms with van der Waals surface area (Å²) in [6, 6.07) is 10.6. The molecule has 2 aliphatic rings. The minimum Gasteiger partial charge on any atom is -0.366 e. The number of carbonyl (C=O) groups is 1. The van der Waals surface area contributed by atoms with E-state index in [2.05, 4.69) is 25.1 Å². The lowest BCUT2D eigenvalue weighted by Crippen LogP contribution is -2.46. The fourth-order valence-electron chi connectivity index (χ4n) is 4.72. The average molecular weight is 495 g/mol. The van der Waals surface area contributed by atoms with Crippen molar-refractivity contribution in [3.8, 4) is 0 Å². The van der Waals surface area contributed by atoms with Gasteiger partial charge < -0.3 is 19.6 Å². The number of hydrogen-bond acceptors (Lipinski definition) is 5. The van der Waals surface area contributed by atoms with Gasteiger partial charge in [0.2, 0.25) is 0 Å². The number of rotatable bonds is 5. The maximum Gasteiger partial charge on any atom is 0.272 e. The van der Waals surface area contributed by atoms with Crippen LogP contribution in [0, 0.1) is 5.82 Å². The summed E-state index contributed by atoms with van der Waals surface area (Å²) in [6.07, 6.45) is 3.73. The first-order valence-electron chi connectivity index (χ1n) is 11.7. The molecule has 0 spiro atoms. The molecule has 1 amide bonds. The van der Waals surface area contributed by atoms with Gasteiger partial charge in [-0.05, 0) is 54.8 Å². The number of nitrogens with one attached hydrogen (secondary N) is 2. The Labute approximate surface area is 205 Å². The molecule has 1 aromatic carbocycles. The molecule has 2 fully saturated rings. The number of hydrogen-bond donors (Lipinski definition) is 2. The molecule has 1 aliphatic carbocycles. The Hall–Kier alpha value is -3.43. The first-order valence-corrected chi connectivity index (χ1v) is 12.1. The van der Waals surface area contributed by atoms with Crippen LogP contribution in [0.25, 0.3) is 16.6 Å². The minimum absolute atomic E-state index is 0.188. The third-order valence-corrected chi connectivity index (χ3v) is 6.97. The quantitative estimate of drug-likeness (QED) is 0.416. The number of fused-ring (bicyclic) bond motifs is 3. The summed E-state index contributed by atoms with van der Waals surface area (Å²) in [4.78, 5) is 36.0. The molecule has 180 valence electrons. The van der Waals surface area contributed by atoms with Crippen LogP contribution in [0.5, 0.6) is 0 Å². The van der Waals surface area contributed by atoms with Gasteiger partial charge in [-0.1, -0.05) is 11.6 Å². The van der Waals surface area contributed by atoms with Gasteiger partial charge in [0.15, 0.2) is 5.15 Å². The lowest BCUT2D eigenvalue weighted by atomic mass is 10.1. The number of benzene rings is 1. The van der Waals surface area contributed by atoms with E-state index in [0.717, 1.165) is 50.3 Å². The van der Waals surface area contributed by atoms with Crippen LogP contribution in [0.2, 0.25) is 5.15 Å². The maximum absolute atomic E-state index is 15.0. The van der Waals surface area contributed by atoms with Crippen LogP contribution < -0.4 is 15.8 Å². The molecule has 8 nitrogen and oxygen atoms in total. The molecular weight excluding hydrogens is 471 g/mol. The number of halogens is 2. The van der Waals surface area contributed by atoms with Crippen molar-refractivity contribution in [2.45, 2.75) is 25.4 Å². The number of amides is 1. The highest BCUT2D eigenvalue weighted by Crippen LogP contribution is 2.27. The van der Waals surface area contributed by atoms with Crippen LogP contribution in [0.3, 0.4) is 0 Å². The van der Waals surface area contributed by atoms with E-state index in [1.54, 1.807) is 34.9 Å². The second-order valence-corrected chi connectivity index (χ2v) is 9.57. The standard InChI is InChI=1S/C25H24ClFN6O2/c26-23-20(6-5-18(29-23)24(34)28-16-3-4-16)32-10-8-31(9-11-32)14-15-12-17(27)22-19(13-15)30-25(35)21-2-1-7-33(21)22/h1-2,5-7,12-13,16H,3-4,8-11,14H2,(H,28,34)(H,30,35).